The van der Waals surface area contributed by atoms with E-state index in [1.807, 2.05) is 24.6 Å². The Kier molecular flexibility index (Phi) is 5.48. The largest absolute Gasteiger partial charge is 0.342 e. The molecule has 27 heavy (non-hydrogen) atoms. The van der Waals surface area contributed by atoms with Crippen molar-refractivity contribution in [3.05, 3.63) is 46.5 Å². The molecule has 3 rings (SSSR count). The van der Waals surface area contributed by atoms with Crippen LogP contribution in [-0.2, 0) is 13.0 Å². The van der Waals surface area contributed by atoms with Crippen LogP contribution in [0.1, 0.15) is 28.3 Å². The number of hydrogen-bond acceptors (Lipinski definition) is 3. The number of nitrogens with zero attached hydrogens (tertiary/aromatic N) is 4. The molecular weight excluding hydrogens is 340 g/mol. The second-order valence-electron chi connectivity index (χ2n) is 7.19. The average molecular weight is 368 g/mol. The van der Waals surface area contributed by atoms with Crippen LogP contribution < -0.4 is 5.32 Å². The molecule has 0 radical (unpaired) electrons. The number of rotatable bonds is 6. The van der Waals surface area contributed by atoms with Crippen molar-refractivity contribution in [1.29, 1.82) is 0 Å². The first kappa shape index (κ1) is 18.9. The first-order chi connectivity index (χ1) is 12.8. The number of aryl methyl sites for hydroxylation is 4. The van der Waals surface area contributed by atoms with Crippen molar-refractivity contribution < 1.29 is 4.79 Å². The summed E-state index contributed by atoms with van der Waals surface area (Å²) >= 11 is 0. The predicted molar refractivity (Wildman–Crippen MR) is 107 cm³/mol. The quantitative estimate of drug-likeness (QED) is 0.702. The van der Waals surface area contributed by atoms with E-state index in [0.29, 0.717) is 26.1 Å². The van der Waals surface area contributed by atoms with Gasteiger partial charge in [-0.05, 0) is 57.0 Å². The number of imidazole rings is 1. The molecule has 0 saturated heterocycles. The minimum atomic E-state index is -0.0840. The Morgan fingerprint density at radius 2 is 1.93 bits per heavy atom. The molecule has 2 aromatic heterocycles. The second-order valence-corrected chi connectivity index (χ2v) is 7.19. The summed E-state index contributed by atoms with van der Waals surface area (Å²) in [5.41, 5.74) is 6.60. The van der Waals surface area contributed by atoms with Gasteiger partial charge in [0.15, 0.2) is 0 Å². The SMILES string of the molecule is Cc1cc(C)n(CCN(C)C(=O)NCCc2nc3cc(C)c(C)cc3[nH]2)n1. The summed E-state index contributed by atoms with van der Waals surface area (Å²) in [5, 5.41) is 7.37. The van der Waals surface area contributed by atoms with Crippen LogP contribution in [0.4, 0.5) is 4.79 Å². The molecule has 0 saturated carbocycles. The van der Waals surface area contributed by atoms with Crippen LogP contribution in [0.3, 0.4) is 0 Å². The van der Waals surface area contributed by atoms with Gasteiger partial charge in [0.25, 0.3) is 0 Å². The number of aromatic nitrogens is 4. The van der Waals surface area contributed by atoms with E-state index >= 15 is 0 Å². The number of urea groups is 1. The molecule has 1 aromatic carbocycles. The second kappa shape index (κ2) is 7.82. The molecule has 0 spiro atoms. The highest BCUT2D eigenvalue weighted by Crippen LogP contribution is 2.17. The number of carbonyl (C=O) groups is 1. The Morgan fingerprint density at radius 3 is 2.63 bits per heavy atom. The molecule has 3 aromatic rings. The Balaban J connectivity index is 1.48. The summed E-state index contributed by atoms with van der Waals surface area (Å²) in [6, 6.07) is 6.16. The zero-order valence-corrected chi connectivity index (χ0v) is 16.8. The van der Waals surface area contributed by atoms with Gasteiger partial charge in [-0.15, -0.1) is 0 Å². The Hall–Kier alpha value is -2.83. The van der Waals surface area contributed by atoms with Crippen molar-refractivity contribution in [2.45, 2.75) is 40.7 Å². The van der Waals surface area contributed by atoms with Crippen LogP contribution >= 0.6 is 0 Å². The number of nitrogens with one attached hydrogen (secondary N) is 2. The van der Waals surface area contributed by atoms with E-state index in [9.17, 15) is 4.79 Å². The van der Waals surface area contributed by atoms with Crippen molar-refractivity contribution in [2.75, 3.05) is 20.1 Å². The molecule has 7 heteroatoms. The number of H-pyrrole nitrogens is 1. The third-order valence-electron chi connectivity index (χ3n) is 4.88. The molecule has 2 N–H and O–H groups in total. The summed E-state index contributed by atoms with van der Waals surface area (Å²) in [7, 11) is 1.80. The molecule has 0 aliphatic carbocycles. The zero-order valence-electron chi connectivity index (χ0n) is 16.8. The van der Waals surface area contributed by atoms with Crippen molar-refractivity contribution >= 4 is 17.1 Å². The molecule has 0 bridgehead atoms. The van der Waals surface area contributed by atoms with Crippen molar-refractivity contribution in [3.8, 4) is 0 Å². The summed E-state index contributed by atoms with van der Waals surface area (Å²) < 4.78 is 1.93. The molecule has 7 nitrogen and oxygen atoms in total. The molecule has 144 valence electrons. The maximum atomic E-state index is 12.3. The van der Waals surface area contributed by atoms with Gasteiger partial charge in [-0.2, -0.15) is 5.10 Å². The fraction of sp³-hybridized carbons (Fsp3) is 0.450. The molecule has 2 heterocycles. The number of likely N-dealkylation sites (N-methyl/N-ethyl adjacent to an activating group) is 1. The zero-order chi connectivity index (χ0) is 19.6. The monoisotopic (exact) mass is 368 g/mol. The van der Waals surface area contributed by atoms with E-state index in [-0.39, 0.29) is 6.03 Å². The van der Waals surface area contributed by atoms with E-state index in [0.717, 1.165) is 28.2 Å². The standard InChI is InChI=1S/C20H28N6O/c1-13-10-17-18(11-14(13)2)23-19(22-17)6-7-21-20(27)25(5)8-9-26-16(4)12-15(3)24-26/h10-12H,6-9H2,1-5H3,(H,21,27)(H,22,23). The highest BCUT2D eigenvalue weighted by Gasteiger charge is 2.10. The first-order valence-corrected chi connectivity index (χ1v) is 9.29. The van der Waals surface area contributed by atoms with Crippen molar-refractivity contribution in [3.63, 3.8) is 0 Å². The van der Waals surface area contributed by atoms with Crippen molar-refractivity contribution in [2.24, 2.45) is 0 Å². The van der Waals surface area contributed by atoms with Crippen LogP contribution in [0.5, 0.6) is 0 Å². The maximum absolute atomic E-state index is 12.3. The molecule has 0 atom stereocenters. The smallest absolute Gasteiger partial charge is 0.317 e. The first-order valence-electron chi connectivity index (χ1n) is 9.29. The highest BCUT2D eigenvalue weighted by molar-refractivity contribution is 5.77. The number of amides is 2. The minimum Gasteiger partial charge on any atom is -0.342 e. The molecular formula is C20H28N6O. The molecule has 0 aliphatic heterocycles. The Labute approximate surface area is 159 Å². The van der Waals surface area contributed by atoms with Gasteiger partial charge in [0, 0.05) is 32.3 Å². The summed E-state index contributed by atoms with van der Waals surface area (Å²) in [5.74, 6) is 0.889. The fourth-order valence-electron chi connectivity index (χ4n) is 3.11. The van der Waals surface area contributed by atoms with Gasteiger partial charge in [0.05, 0.1) is 23.3 Å². The lowest BCUT2D eigenvalue weighted by Gasteiger charge is -2.18. The van der Waals surface area contributed by atoms with Crippen LogP contribution in [0.15, 0.2) is 18.2 Å². The number of fused-ring (bicyclic) bond motifs is 1. The summed E-state index contributed by atoms with van der Waals surface area (Å²) in [4.78, 5) is 21.9. The minimum absolute atomic E-state index is 0.0840. The normalized spacial score (nSPS) is 11.1. The molecule has 2 amide bonds. The number of aromatic amines is 1. The number of benzene rings is 1. The number of carbonyl (C=O) groups excluding carboxylic acids is 1. The van der Waals surface area contributed by atoms with Gasteiger partial charge in [-0.3, -0.25) is 4.68 Å². The lowest BCUT2D eigenvalue weighted by atomic mass is 10.1. The Bertz CT molecular complexity index is 916. The predicted octanol–water partition coefficient (Wildman–Crippen LogP) is 2.88. The van der Waals surface area contributed by atoms with Crippen LogP contribution in [-0.4, -0.2) is 50.8 Å². The van der Waals surface area contributed by atoms with E-state index in [2.05, 4.69) is 46.4 Å². The van der Waals surface area contributed by atoms with Gasteiger partial charge in [-0.25, -0.2) is 9.78 Å². The molecule has 0 fully saturated rings. The van der Waals surface area contributed by atoms with Gasteiger partial charge >= 0.3 is 6.03 Å². The average Bonchev–Trinajstić information content (AvgIpc) is 3.14. The van der Waals surface area contributed by atoms with E-state index in [1.54, 1.807) is 11.9 Å². The van der Waals surface area contributed by atoms with E-state index in [1.165, 1.54) is 11.1 Å². The van der Waals surface area contributed by atoms with Gasteiger partial charge in [0.1, 0.15) is 5.82 Å². The van der Waals surface area contributed by atoms with Gasteiger partial charge in [-0.1, -0.05) is 0 Å². The maximum Gasteiger partial charge on any atom is 0.317 e. The van der Waals surface area contributed by atoms with E-state index < -0.39 is 0 Å². The van der Waals surface area contributed by atoms with Gasteiger partial charge in [0.2, 0.25) is 0 Å². The van der Waals surface area contributed by atoms with Crippen LogP contribution in [0, 0.1) is 27.7 Å². The topological polar surface area (TPSA) is 78.8 Å². The summed E-state index contributed by atoms with van der Waals surface area (Å²) in [6.07, 6.45) is 0.670. The van der Waals surface area contributed by atoms with E-state index in [4.69, 9.17) is 0 Å². The third-order valence-corrected chi connectivity index (χ3v) is 4.88. The fourth-order valence-corrected chi connectivity index (χ4v) is 3.11. The van der Waals surface area contributed by atoms with Crippen molar-refractivity contribution in [1.82, 2.24) is 30.0 Å². The molecule has 0 aliphatic rings. The lowest BCUT2D eigenvalue weighted by Crippen LogP contribution is -2.40. The third kappa shape index (κ3) is 4.48. The van der Waals surface area contributed by atoms with Crippen LogP contribution in [0.2, 0.25) is 0 Å². The van der Waals surface area contributed by atoms with Crippen LogP contribution in [0.25, 0.3) is 11.0 Å². The van der Waals surface area contributed by atoms with Gasteiger partial charge < -0.3 is 15.2 Å². The number of hydrogen-bond donors (Lipinski definition) is 2. The highest BCUT2D eigenvalue weighted by atomic mass is 16.2. The Morgan fingerprint density at radius 1 is 1.19 bits per heavy atom. The summed E-state index contributed by atoms with van der Waals surface area (Å²) in [6.45, 7) is 10.0. The molecule has 0 unspecified atom stereocenters. The lowest BCUT2D eigenvalue weighted by molar-refractivity contribution is 0.206.